The largest absolute Gasteiger partial charge is 0.497 e. The second kappa shape index (κ2) is 10.3. The van der Waals surface area contributed by atoms with Crippen LogP contribution in [-0.2, 0) is 11.2 Å². The monoisotopic (exact) mass is 406 g/mol. The molecule has 0 bridgehead atoms. The smallest absolute Gasteiger partial charge is 0.338 e. The van der Waals surface area contributed by atoms with E-state index < -0.39 is 11.7 Å². The Labute approximate surface area is 178 Å². The Morgan fingerprint density at radius 1 is 1.20 bits per heavy atom. The first-order valence-corrected chi connectivity index (χ1v) is 10.5. The lowest BCUT2D eigenvalue weighted by Crippen LogP contribution is -2.27. The van der Waals surface area contributed by atoms with Gasteiger partial charge in [-0.1, -0.05) is 42.5 Å². The number of carbonyl (C=O) groups is 1. The Hall–Kier alpha value is -2.85. The zero-order chi connectivity index (χ0) is 21.4. The molecular formula is C26H30O4. The highest BCUT2D eigenvalue weighted by molar-refractivity contribution is 5.89. The standard InChI is InChI=1S/C26H30O4/c1-26(28)17-9-14-22(26)19-24(30-25(27)21-12-4-3-5-13-21)15-7-6-10-20-11-8-16-23(18-20)29-2/h3-5,7-8,11-16,18,24,28H,6,9-10,17,19H2,1-2H3. The first-order chi connectivity index (χ1) is 14.5. The van der Waals surface area contributed by atoms with Crippen molar-refractivity contribution >= 4 is 5.97 Å². The molecule has 0 radical (unpaired) electrons. The van der Waals surface area contributed by atoms with Gasteiger partial charge < -0.3 is 14.6 Å². The Morgan fingerprint density at radius 3 is 2.70 bits per heavy atom. The number of hydrogen-bond acceptors (Lipinski definition) is 4. The highest BCUT2D eigenvalue weighted by Crippen LogP contribution is 2.33. The molecule has 0 aromatic heterocycles. The molecule has 0 saturated carbocycles. The average molecular weight is 407 g/mol. The maximum absolute atomic E-state index is 12.6. The Kier molecular flexibility index (Phi) is 7.47. The number of aryl methyl sites for hydroxylation is 1. The van der Waals surface area contributed by atoms with E-state index in [1.165, 1.54) is 5.56 Å². The summed E-state index contributed by atoms with van der Waals surface area (Å²) in [6.45, 7) is 1.83. The quantitative estimate of drug-likeness (QED) is 0.455. The Bertz CT molecular complexity index is 896. The minimum absolute atomic E-state index is 0.351. The maximum Gasteiger partial charge on any atom is 0.338 e. The van der Waals surface area contributed by atoms with Gasteiger partial charge in [-0.2, -0.15) is 0 Å². The maximum atomic E-state index is 12.6. The van der Waals surface area contributed by atoms with Gasteiger partial charge in [-0.05, 0) is 74.1 Å². The second-order valence-corrected chi connectivity index (χ2v) is 7.87. The van der Waals surface area contributed by atoms with E-state index in [2.05, 4.69) is 12.1 Å². The summed E-state index contributed by atoms with van der Waals surface area (Å²) in [6.07, 6.45) is 9.38. The van der Waals surface area contributed by atoms with Crippen molar-refractivity contribution in [1.29, 1.82) is 0 Å². The summed E-state index contributed by atoms with van der Waals surface area (Å²) in [7, 11) is 1.66. The van der Waals surface area contributed by atoms with Gasteiger partial charge in [0.1, 0.15) is 11.9 Å². The molecule has 0 heterocycles. The zero-order valence-corrected chi connectivity index (χ0v) is 17.7. The van der Waals surface area contributed by atoms with Crippen molar-refractivity contribution in [2.45, 2.75) is 50.7 Å². The van der Waals surface area contributed by atoms with Gasteiger partial charge in [0, 0.05) is 6.42 Å². The molecule has 4 heteroatoms. The third kappa shape index (κ3) is 6.07. The lowest BCUT2D eigenvalue weighted by Gasteiger charge is -2.24. The van der Waals surface area contributed by atoms with Gasteiger partial charge in [-0.3, -0.25) is 0 Å². The second-order valence-electron chi connectivity index (χ2n) is 7.87. The van der Waals surface area contributed by atoms with E-state index in [0.717, 1.165) is 30.6 Å². The molecule has 0 saturated heterocycles. The van der Waals surface area contributed by atoms with E-state index in [4.69, 9.17) is 9.47 Å². The van der Waals surface area contributed by atoms with Crippen molar-refractivity contribution < 1.29 is 19.4 Å². The van der Waals surface area contributed by atoms with Crippen molar-refractivity contribution in [2.75, 3.05) is 7.11 Å². The summed E-state index contributed by atoms with van der Waals surface area (Å²) in [5.41, 5.74) is 1.83. The molecule has 0 fully saturated rings. The highest BCUT2D eigenvalue weighted by atomic mass is 16.5. The van der Waals surface area contributed by atoms with Crippen LogP contribution in [0.1, 0.15) is 48.5 Å². The number of carbonyl (C=O) groups excluding carboxylic acids is 1. The zero-order valence-electron chi connectivity index (χ0n) is 17.7. The summed E-state index contributed by atoms with van der Waals surface area (Å²) in [5, 5.41) is 10.6. The van der Waals surface area contributed by atoms with Gasteiger partial charge in [-0.15, -0.1) is 0 Å². The van der Waals surface area contributed by atoms with Crippen LogP contribution in [0.25, 0.3) is 0 Å². The molecule has 2 aromatic carbocycles. The molecule has 4 nitrogen and oxygen atoms in total. The van der Waals surface area contributed by atoms with Crippen LogP contribution in [0.4, 0.5) is 0 Å². The van der Waals surface area contributed by atoms with Gasteiger partial charge in [0.15, 0.2) is 0 Å². The number of benzene rings is 2. The van der Waals surface area contributed by atoms with Gasteiger partial charge in [0.25, 0.3) is 0 Å². The molecule has 1 aliphatic carbocycles. The molecule has 2 unspecified atom stereocenters. The van der Waals surface area contributed by atoms with Crippen LogP contribution in [-0.4, -0.2) is 29.9 Å². The van der Waals surface area contributed by atoms with E-state index in [1.807, 2.05) is 55.5 Å². The van der Waals surface area contributed by atoms with Crippen molar-refractivity contribution in [3.8, 4) is 5.75 Å². The van der Waals surface area contributed by atoms with E-state index >= 15 is 0 Å². The topological polar surface area (TPSA) is 55.8 Å². The third-order valence-electron chi connectivity index (χ3n) is 5.49. The lowest BCUT2D eigenvalue weighted by molar-refractivity contribution is 0.0355. The normalized spacial score (nSPS) is 19.5. The molecule has 0 aliphatic heterocycles. The van der Waals surface area contributed by atoms with E-state index in [-0.39, 0.29) is 5.97 Å². The molecule has 158 valence electrons. The number of ether oxygens (including phenoxy) is 2. The fourth-order valence-corrected chi connectivity index (χ4v) is 3.68. The summed E-state index contributed by atoms with van der Waals surface area (Å²) in [6, 6.07) is 17.0. The van der Waals surface area contributed by atoms with Crippen LogP contribution < -0.4 is 4.74 Å². The number of methoxy groups -OCH3 is 1. The van der Waals surface area contributed by atoms with Gasteiger partial charge >= 0.3 is 5.97 Å². The lowest BCUT2D eigenvalue weighted by atomic mass is 9.93. The predicted octanol–water partition coefficient (Wildman–Crippen LogP) is 5.27. The molecule has 1 N–H and O–H groups in total. The van der Waals surface area contributed by atoms with E-state index in [9.17, 15) is 9.90 Å². The molecule has 30 heavy (non-hydrogen) atoms. The number of hydrogen-bond donors (Lipinski definition) is 1. The summed E-state index contributed by atoms with van der Waals surface area (Å²) >= 11 is 0. The SMILES string of the molecule is COc1cccc(CCC=CC(CC2=CCCC2(C)O)OC(=O)c2ccccc2)c1. The molecule has 0 spiro atoms. The van der Waals surface area contributed by atoms with Crippen LogP contribution in [0.3, 0.4) is 0 Å². The van der Waals surface area contributed by atoms with Crippen LogP contribution >= 0.6 is 0 Å². The first-order valence-electron chi connectivity index (χ1n) is 10.5. The molecule has 2 atom stereocenters. The number of allylic oxidation sites excluding steroid dienone is 2. The average Bonchev–Trinajstić information content (AvgIpc) is 3.09. The van der Waals surface area contributed by atoms with Crippen molar-refractivity contribution in [3.63, 3.8) is 0 Å². The number of rotatable bonds is 9. The molecule has 0 amide bonds. The third-order valence-corrected chi connectivity index (χ3v) is 5.49. The summed E-state index contributed by atoms with van der Waals surface area (Å²) in [4.78, 5) is 12.6. The van der Waals surface area contributed by atoms with Crippen LogP contribution in [0.2, 0.25) is 0 Å². The van der Waals surface area contributed by atoms with E-state index in [0.29, 0.717) is 18.4 Å². The number of aliphatic hydroxyl groups is 1. The van der Waals surface area contributed by atoms with Crippen LogP contribution in [0.15, 0.2) is 78.4 Å². The van der Waals surface area contributed by atoms with E-state index in [1.54, 1.807) is 19.2 Å². The molecule has 1 aliphatic rings. The minimum atomic E-state index is -0.828. The predicted molar refractivity (Wildman–Crippen MR) is 119 cm³/mol. The van der Waals surface area contributed by atoms with Crippen molar-refractivity contribution in [1.82, 2.24) is 0 Å². The Morgan fingerprint density at radius 2 is 2.00 bits per heavy atom. The van der Waals surface area contributed by atoms with Crippen LogP contribution in [0.5, 0.6) is 5.75 Å². The Balaban J connectivity index is 1.65. The molecule has 2 aromatic rings. The van der Waals surface area contributed by atoms with Crippen molar-refractivity contribution in [3.05, 3.63) is 89.5 Å². The van der Waals surface area contributed by atoms with Crippen molar-refractivity contribution in [2.24, 2.45) is 0 Å². The minimum Gasteiger partial charge on any atom is -0.497 e. The highest BCUT2D eigenvalue weighted by Gasteiger charge is 2.31. The van der Waals surface area contributed by atoms with Gasteiger partial charge in [0.05, 0.1) is 18.3 Å². The molecular weight excluding hydrogens is 376 g/mol. The van der Waals surface area contributed by atoms with Gasteiger partial charge in [-0.25, -0.2) is 4.79 Å². The first kappa shape index (κ1) is 21.8. The summed E-state index contributed by atoms with van der Waals surface area (Å²) < 4.78 is 11.1. The fourth-order valence-electron chi connectivity index (χ4n) is 3.68. The molecule has 3 rings (SSSR count). The van der Waals surface area contributed by atoms with Crippen LogP contribution in [0, 0.1) is 0 Å². The van der Waals surface area contributed by atoms with Gasteiger partial charge in [0.2, 0.25) is 0 Å². The number of esters is 1. The fraction of sp³-hybridized carbons (Fsp3) is 0.346. The summed E-state index contributed by atoms with van der Waals surface area (Å²) in [5.74, 6) is 0.498.